The van der Waals surface area contributed by atoms with Gasteiger partial charge < -0.3 is 10.4 Å². The maximum absolute atomic E-state index is 11.5. The topological polar surface area (TPSA) is 75.1 Å². The molecule has 5 nitrogen and oxygen atoms in total. The Kier molecular flexibility index (Phi) is 4.64. The fourth-order valence-electron chi connectivity index (χ4n) is 0.975. The highest BCUT2D eigenvalue weighted by Gasteiger charge is 2.13. The molecule has 1 aromatic heterocycles. The standard InChI is InChI=1S/C10H14ClN3O2/c1-6(2)8(15)4-13-10(16)7-3-12-5-9(11)14-7/h3,5-6,8,15H,4H2,1-2H3,(H,13,16). The first-order valence-electron chi connectivity index (χ1n) is 4.94. The van der Waals surface area contributed by atoms with E-state index in [1.165, 1.54) is 12.4 Å². The summed E-state index contributed by atoms with van der Waals surface area (Å²) in [6, 6.07) is 0. The second-order valence-corrected chi connectivity index (χ2v) is 4.14. The number of nitrogens with zero attached hydrogens (tertiary/aromatic N) is 2. The zero-order chi connectivity index (χ0) is 12.1. The van der Waals surface area contributed by atoms with Crippen molar-refractivity contribution >= 4 is 17.5 Å². The molecular weight excluding hydrogens is 230 g/mol. The molecule has 0 aliphatic rings. The number of amides is 1. The van der Waals surface area contributed by atoms with Crippen molar-refractivity contribution in [1.82, 2.24) is 15.3 Å². The highest BCUT2D eigenvalue weighted by molar-refractivity contribution is 6.29. The average molecular weight is 244 g/mol. The van der Waals surface area contributed by atoms with Crippen molar-refractivity contribution < 1.29 is 9.90 Å². The lowest BCUT2D eigenvalue weighted by molar-refractivity contribution is 0.0867. The lowest BCUT2D eigenvalue weighted by Crippen LogP contribution is -2.35. The highest BCUT2D eigenvalue weighted by Crippen LogP contribution is 2.03. The molecule has 0 saturated carbocycles. The van der Waals surface area contributed by atoms with Crippen LogP contribution in [0.15, 0.2) is 12.4 Å². The first-order valence-corrected chi connectivity index (χ1v) is 5.32. The third-order valence-corrected chi connectivity index (χ3v) is 2.26. The number of halogens is 1. The largest absolute Gasteiger partial charge is 0.391 e. The molecule has 16 heavy (non-hydrogen) atoms. The van der Waals surface area contributed by atoms with Crippen molar-refractivity contribution in [1.29, 1.82) is 0 Å². The Balaban J connectivity index is 2.53. The fraction of sp³-hybridized carbons (Fsp3) is 0.500. The van der Waals surface area contributed by atoms with E-state index < -0.39 is 12.0 Å². The lowest BCUT2D eigenvalue weighted by atomic mass is 10.1. The predicted molar refractivity (Wildman–Crippen MR) is 60.2 cm³/mol. The molecule has 1 amide bonds. The minimum Gasteiger partial charge on any atom is -0.391 e. The van der Waals surface area contributed by atoms with Crippen LogP contribution in [0, 0.1) is 5.92 Å². The van der Waals surface area contributed by atoms with Gasteiger partial charge in [0.05, 0.1) is 18.5 Å². The summed E-state index contributed by atoms with van der Waals surface area (Å²) in [4.78, 5) is 19.1. The van der Waals surface area contributed by atoms with Crippen LogP contribution in [0.2, 0.25) is 5.15 Å². The first-order chi connectivity index (χ1) is 7.50. The molecule has 2 N–H and O–H groups in total. The van der Waals surface area contributed by atoms with Gasteiger partial charge in [0.1, 0.15) is 10.8 Å². The molecular formula is C10H14ClN3O2. The number of hydrogen-bond acceptors (Lipinski definition) is 4. The Bertz CT molecular complexity index is 371. The third kappa shape index (κ3) is 3.75. The summed E-state index contributed by atoms with van der Waals surface area (Å²) in [7, 11) is 0. The van der Waals surface area contributed by atoms with Crippen molar-refractivity contribution in [3.63, 3.8) is 0 Å². The Morgan fingerprint density at radius 1 is 1.56 bits per heavy atom. The van der Waals surface area contributed by atoms with Gasteiger partial charge in [0.15, 0.2) is 0 Å². The molecule has 0 bridgehead atoms. The van der Waals surface area contributed by atoms with Gasteiger partial charge in [-0.05, 0) is 5.92 Å². The van der Waals surface area contributed by atoms with Gasteiger partial charge in [-0.1, -0.05) is 25.4 Å². The lowest BCUT2D eigenvalue weighted by Gasteiger charge is -2.14. The van der Waals surface area contributed by atoms with Gasteiger partial charge in [0, 0.05) is 6.54 Å². The molecule has 0 saturated heterocycles. The number of carbonyl (C=O) groups is 1. The zero-order valence-electron chi connectivity index (χ0n) is 9.14. The predicted octanol–water partition coefficient (Wildman–Crippen LogP) is 0.877. The second kappa shape index (κ2) is 5.77. The molecule has 1 atom stereocenters. The summed E-state index contributed by atoms with van der Waals surface area (Å²) in [5.41, 5.74) is 0.142. The van der Waals surface area contributed by atoms with Crippen molar-refractivity contribution in [2.75, 3.05) is 6.54 Å². The maximum atomic E-state index is 11.5. The van der Waals surface area contributed by atoms with Crippen LogP contribution < -0.4 is 5.32 Å². The van der Waals surface area contributed by atoms with Gasteiger partial charge in [-0.3, -0.25) is 9.78 Å². The molecule has 88 valence electrons. The van der Waals surface area contributed by atoms with Crippen molar-refractivity contribution in [2.24, 2.45) is 5.92 Å². The van der Waals surface area contributed by atoms with Gasteiger partial charge in [0.2, 0.25) is 0 Å². The molecule has 0 aromatic carbocycles. The van der Waals surface area contributed by atoms with Crippen LogP contribution in [0.3, 0.4) is 0 Å². The minimum absolute atomic E-state index is 0.0887. The summed E-state index contributed by atoms with van der Waals surface area (Å²) >= 11 is 5.60. The number of aliphatic hydroxyl groups excluding tert-OH is 1. The number of aromatic nitrogens is 2. The smallest absolute Gasteiger partial charge is 0.271 e. The SMILES string of the molecule is CC(C)C(O)CNC(=O)c1cncc(Cl)n1. The maximum Gasteiger partial charge on any atom is 0.271 e. The second-order valence-electron chi connectivity index (χ2n) is 3.75. The van der Waals surface area contributed by atoms with E-state index in [0.717, 1.165) is 0 Å². The molecule has 0 spiro atoms. The van der Waals surface area contributed by atoms with Crippen LogP contribution in [-0.4, -0.2) is 33.6 Å². The number of aliphatic hydroxyl groups is 1. The molecule has 0 fully saturated rings. The number of hydrogen-bond donors (Lipinski definition) is 2. The van der Waals surface area contributed by atoms with E-state index in [9.17, 15) is 9.90 Å². The summed E-state index contributed by atoms with van der Waals surface area (Å²) in [6.07, 6.45) is 2.10. The van der Waals surface area contributed by atoms with Crippen LogP contribution >= 0.6 is 11.6 Å². The van der Waals surface area contributed by atoms with Crippen molar-refractivity contribution in [2.45, 2.75) is 20.0 Å². The highest BCUT2D eigenvalue weighted by atomic mass is 35.5. The molecule has 1 aromatic rings. The quantitative estimate of drug-likeness (QED) is 0.823. The van der Waals surface area contributed by atoms with Crippen LogP contribution in [0.25, 0.3) is 0 Å². The normalized spacial score (nSPS) is 12.6. The van der Waals surface area contributed by atoms with Gasteiger partial charge in [-0.15, -0.1) is 0 Å². The van der Waals surface area contributed by atoms with E-state index in [2.05, 4.69) is 15.3 Å². The van der Waals surface area contributed by atoms with E-state index >= 15 is 0 Å². The van der Waals surface area contributed by atoms with Crippen LogP contribution in [0.4, 0.5) is 0 Å². The van der Waals surface area contributed by atoms with Gasteiger partial charge in [-0.2, -0.15) is 0 Å². The number of nitrogens with one attached hydrogen (secondary N) is 1. The Morgan fingerprint density at radius 3 is 2.81 bits per heavy atom. The van der Waals surface area contributed by atoms with E-state index in [-0.39, 0.29) is 23.3 Å². The van der Waals surface area contributed by atoms with Crippen molar-refractivity contribution in [3.8, 4) is 0 Å². The third-order valence-electron chi connectivity index (χ3n) is 2.08. The van der Waals surface area contributed by atoms with E-state index in [4.69, 9.17) is 11.6 Å². The summed E-state index contributed by atoms with van der Waals surface area (Å²) < 4.78 is 0. The first kappa shape index (κ1) is 12.9. The fourth-order valence-corrected chi connectivity index (χ4v) is 1.12. The molecule has 1 unspecified atom stereocenters. The van der Waals surface area contributed by atoms with Crippen LogP contribution in [-0.2, 0) is 0 Å². The van der Waals surface area contributed by atoms with Crippen LogP contribution in [0.5, 0.6) is 0 Å². The van der Waals surface area contributed by atoms with E-state index in [1.54, 1.807) is 0 Å². The van der Waals surface area contributed by atoms with Gasteiger partial charge >= 0.3 is 0 Å². The monoisotopic (exact) mass is 243 g/mol. The van der Waals surface area contributed by atoms with E-state index in [1.807, 2.05) is 13.8 Å². The molecule has 0 radical (unpaired) electrons. The molecule has 1 rings (SSSR count). The molecule has 0 aliphatic heterocycles. The molecule has 0 aliphatic carbocycles. The Hall–Kier alpha value is -1.20. The summed E-state index contributed by atoms with van der Waals surface area (Å²) in [5.74, 6) is -0.305. The summed E-state index contributed by atoms with van der Waals surface area (Å²) in [6.45, 7) is 3.93. The van der Waals surface area contributed by atoms with E-state index in [0.29, 0.717) is 0 Å². The van der Waals surface area contributed by atoms with Crippen molar-refractivity contribution in [3.05, 3.63) is 23.2 Å². The summed E-state index contributed by atoms with van der Waals surface area (Å²) in [5, 5.41) is 12.2. The van der Waals surface area contributed by atoms with Gasteiger partial charge in [0.25, 0.3) is 5.91 Å². The average Bonchev–Trinajstić information content (AvgIpc) is 2.25. The van der Waals surface area contributed by atoms with Gasteiger partial charge in [-0.25, -0.2) is 4.98 Å². The molecule has 1 heterocycles. The van der Waals surface area contributed by atoms with Crippen LogP contribution in [0.1, 0.15) is 24.3 Å². The zero-order valence-corrected chi connectivity index (χ0v) is 9.90. The number of rotatable bonds is 4. The number of carbonyl (C=O) groups excluding carboxylic acids is 1. The Morgan fingerprint density at radius 2 is 2.25 bits per heavy atom. The minimum atomic E-state index is -0.573. The Labute approximate surface area is 98.9 Å². The molecule has 6 heteroatoms.